The number of nitrogens with zero attached hydrogens (tertiary/aromatic N) is 1. The van der Waals surface area contributed by atoms with Crippen molar-refractivity contribution >= 4 is 17.6 Å². The molecule has 1 aromatic rings. The van der Waals surface area contributed by atoms with E-state index in [9.17, 15) is 9.59 Å². The highest BCUT2D eigenvalue weighted by atomic mass is 16.6. The lowest BCUT2D eigenvalue weighted by Crippen LogP contribution is -2.41. The van der Waals surface area contributed by atoms with E-state index in [0.29, 0.717) is 5.92 Å². The van der Waals surface area contributed by atoms with E-state index in [1.165, 1.54) is 0 Å². The number of carbonyl (C=O) groups excluding carboxylic acids is 2. The SMILES string of the molecule is CN(C(=O)[C@H]1[C@@H]2C[C@@H]3[C@H]1C(=O)O[C@@H]3C2)c1ccccc1. The molecule has 1 amide bonds. The highest BCUT2D eigenvalue weighted by Crippen LogP contribution is 2.58. The molecule has 2 saturated carbocycles. The smallest absolute Gasteiger partial charge is 0.310 e. The number of carbonyl (C=O) groups is 2. The van der Waals surface area contributed by atoms with E-state index >= 15 is 0 Å². The number of hydrogen-bond acceptors (Lipinski definition) is 3. The predicted octanol–water partition coefficient (Wildman–Crippen LogP) is 1.85. The van der Waals surface area contributed by atoms with Gasteiger partial charge in [-0.2, -0.15) is 0 Å². The quantitative estimate of drug-likeness (QED) is 0.771. The Kier molecular flexibility index (Phi) is 2.43. The van der Waals surface area contributed by atoms with Crippen molar-refractivity contribution in [3.05, 3.63) is 30.3 Å². The number of amides is 1. The fraction of sp³-hybridized carbons (Fsp3) is 0.500. The van der Waals surface area contributed by atoms with Gasteiger partial charge in [0.2, 0.25) is 5.91 Å². The lowest BCUT2D eigenvalue weighted by atomic mass is 9.79. The van der Waals surface area contributed by atoms with Gasteiger partial charge >= 0.3 is 5.97 Å². The number of ether oxygens (including phenoxy) is 1. The zero-order valence-electron chi connectivity index (χ0n) is 11.4. The second kappa shape index (κ2) is 4.08. The molecule has 4 nitrogen and oxygen atoms in total. The van der Waals surface area contributed by atoms with E-state index in [1.807, 2.05) is 30.3 Å². The maximum absolute atomic E-state index is 12.8. The summed E-state index contributed by atoms with van der Waals surface area (Å²) in [6, 6.07) is 9.60. The lowest BCUT2D eigenvalue weighted by Gasteiger charge is -2.28. The van der Waals surface area contributed by atoms with Crippen molar-refractivity contribution in [2.24, 2.45) is 23.7 Å². The molecule has 104 valence electrons. The van der Waals surface area contributed by atoms with Crippen molar-refractivity contribution in [1.82, 2.24) is 0 Å². The van der Waals surface area contributed by atoms with Gasteiger partial charge in [-0.05, 0) is 30.9 Å². The average Bonchev–Trinajstić information content (AvgIpc) is 3.08. The average molecular weight is 271 g/mol. The van der Waals surface area contributed by atoms with Crippen molar-refractivity contribution in [2.45, 2.75) is 18.9 Å². The number of para-hydroxylation sites is 1. The Morgan fingerprint density at radius 1 is 1.25 bits per heavy atom. The van der Waals surface area contributed by atoms with E-state index < -0.39 is 0 Å². The van der Waals surface area contributed by atoms with E-state index in [-0.39, 0.29) is 35.7 Å². The number of esters is 1. The summed E-state index contributed by atoms with van der Waals surface area (Å²) < 4.78 is 5.40. The molecule has 0 spiro atoms. The van der Waals surface area contributed by atoms with Crippen LogP contribution in [0.3, 0.4) is 0 Å². The van der Waals surface area contributed by atoms with Gasteiger partial charge in [0.15, 0.2) is 0 Å². The summed E-state index contributed by atoms with van der Waals surface area (Å²) in [5.74, 6) is 0.130. The van der Waals surface area contributed by atoms with E-state index in [2.05, 4.69) is 0 Å². The Labute approximate surface area is 117 Å². The van der Waals surface area contributed by atoms with Gasteiger partial charge in [0.1, 0.15) is 6.10 Å². The van der Waals surface area contributed by atoms with Crippen molar-refractivity contribution in [2.75, 3.05) is 11.9 Å². The van der Waals surface area contributed by atoms with Gasteiger partial charge in [0.05, 0.1) is 11.8 Å². The Bertz CT molecular complexity index is 568. The summed E-state index contributed by atoms with van der Waals surface area (Å²) >= 11 is 0. The molecule has 3 aliphatic rings. The third-order valence-electron chi connectivity index (χ3n) is 5.24. The van der Waals surface area contributed by atoms with Gasteiger partial charge < -0.3 is 9.64 Å². The largest absolute Gasteiger partial charge is 0.462 e. The predicted molar refractivity (Wildman–Crippen MR) is 72.9 cm³/mol. The molecule has 0 unspecified atom stereocenters. The maximum Gasteiger partial charge on any atom is 0.310 e. The van der Waals surface area contributed by atoms with Gasteiger partial charge in [-0.15, -0.1) is 0 Å². The molecule has 0 aromatic heterocycles. The summed E-state index contributed by atoms with van der Waals surface area (Å²) in [5.41, 5.74) is 0.878. The molecule has 0 radical (unpaired) electrons. The van der Waals surface area contributed by atoms with Crippen LogP contribution >= 0.6 is 0 Å². The first-order valence-electron chi connectivity index (χ1n) is 7.20. The fourth-order valence-electron chi connectivity index (χ4n) is 4.34. The third kappa shape index (κ3) is 1.48. The summed E-state index contributed by atoms with van der Waals surface area (Å²) in [7, 11) is 1.79. The first kappa shape index (κ1) is 11.9. The van der Waals surface area contributed by atoms with Crippen LogP contribution in [-0.2, 0) is 14.3 Å². The van der Waals surface area contributed by atoms with Crippen molar-refractivity contribution < 1.29 is 14.3 Å². The van der Waals surface area contributed by atoms with Crippen LogP contribution in [0.5, 0.6) is 0 Å². The molecule has 20 heavy (non-hydrogen) atoms. The molecule has 4 heteroatoms. The van der Waals surface area contributed by atoms with Crippen LogP contribution in [0.2, 0.25) is 0 Å². The Balaban J connectivity index is 1.62. The van der Waals surface area contributed by atoms with Crippen LogP contribution in [0.4, 0.5) is 5.69 Å². The summed E-state index contributed by atoms with van der Waals surface area (Å²) in [5, 5.41) is 0. The molecule has 5 atom stereocenters. The number of rotatable bonds is 2. The van der Waals surface area contributed by atoms with E-state index in [1.54, 1.807) is 11.9 Å². The first-order valence-corrected chi connectivity index (χ1v) is 7.20. The topological polar surface area (TPSA) is 46.6 Å². The van der Waals surface area contributed by atoms with Crippen LogP contribution in [0.15, 0.2) is 30.3 Å². The Morgan fingerprint density at radius 3 is 2.75 bits per heavy atom. The van der Waals surface area contributed by atoms with Crippen molar-refractivity contribution in [3.8, 4) is 0 Å². The highest BCUT2D eigenvalue weighted by Gasteiger charge is 2.64. The molecule has 1 aliphatic heterocycles. The summed E-state index contributed by atoms with van der Waals surface area (Å²) in [6.07, 6.45) is 1.93. The molecule has 1 saturated heterocycles. The molecule has 1 aromatic carbocycles. The van der Waals surface area contributed by atoms with Gasteiger partial charge in [-0.1, -0.05) is 18.2 Å². The third-order valence-corrected chi connectivity index (χ3v) is 5.24. The van der Waals surface area contributed by atoms with Gasteiger partial charge in [0, 0.05) is 18.7 Å². The second-order valence-electron chi connectivity index (χ2n) is 6.16. The monoisotopic (exact) mass is 271 g/mol. The van der Waals surface area contributed by atoms with Crippen molar-refractivity contribution in [3.63, 3.8) is 0 Å². The molecule has 2 bridgehead atoms. The first-order chi connectivity index (χ1) is 9.66. The molecule has 0 N–H and O–H groups in total. The number of anilines is 1. The highest BCUT2D eigenvalue weighted by molar-refractivity contribution is 5.98. The fourth-order valence-corrected chi connectivity index (χ4v) is 4.34. The Hall–Kier alpha value is -1.84. The van der Waals surface area contributed by atoms with Crippen LogP contribution in [-0.4, -0.2) is 25.0 Å². The zero-order chi connectivity index (χ0) is 13.9. The molecule has 2 aliphatic carbocycles. The van der Waals surface area contributed by atoms with Gasteiger partial charge in [0.25, 0.3) is 0 Å². The zero-order valence-corrected chi connectivity index (χ0v) is 11.4. The molecular weight excluding hydrogens is 254 g/mol. The van der Waals surface area contributed by atoms with E-state index in [4.69, 9.17) is 4.74 Å². The maximum atomic E-state index is 12.8. The minimum absolute atomic E-state index is 0.0611. The normalized spacial score (nSPS) is 37.0. The van der Waals surface area contributed by atoms with Crippen LogP contribution in [0.25, 0.3) is 0 Å². The van der Waals surface area contributed by atoms with Crippen LogP contribution in [0, 0.1) is 23.7 Å². The van der Waals surface area contributed by atoms with Crippen LogP contribution in [0.1, 0.15) is 12.8 Å². The number of hydrogen-bond donors (Lipinski definition) is 0. The molecule has 1 heterocycles. The lowest BCUT2D eigenvalue weighted by molar-refractivity contribution is -0.145. The van der Waals surface area contributed by atoms with Gasteiger partial charge in [-0.3, -0.25) is 9.59 Å². The van der Waals surface area contributed by atoms with Crippen LogP contribution < -0.4 is 4.90 Å². The molecule has 4 rings (SSSR count). The minimum Gasteiger partial charge on any atom is -0.462 e. The summed E-state index contributed by atoms with van der Waals surface area (Å²) in [6.45, 7) is 0. The second-order valence-corrected chi connectivity index (χ2v) is 6.16. The number of benzene rings is 1. The minimum atomic E-state index is -0.197. The molecule has 3 fully saturated rings. The van der Waals surface area contributed by atoms with E-state index in [0.717, 1.165) is 18.5 Å². The molecular formula is C16H17NO3. The van der Waals surface area contributed by atoms with Crippen molar-refractivity contribution in [1.29, 1.82) is 0 Å². The summed E-state index contributed by atoms with van der Waals surface area (Å²) in [4.78, 5) is 26.4. The number of fused-ring (bicyclic) bond motifs is 1. The standard InChI is InChI=1S/C16H17NO3/c1-17(10-5-3-2-4-6-10)15(18)13-9-7-11-12(8-9)20-16(19)14(11)13/h2-6,9,11-14H,7-8H2,1H3/t9-,11+,12-,13+,14-/m1/s1. The van der Waals surface area contributed by atoms with Gasteiger partial charge in [-0.25, -0.2) is 0 Å². The Morgan fingerprint density at radius 2 is 2.00 bits per heavy atom.